The van der Waals surface area contributed by atoms with Crippen molar-refractivity contribution in [1.29, 1.82) is 0 Å². The molecule has 3 aliphatic rings. The van der Waals surface area contributed by atoms with Gasteiger partial charge in [-0.15, -0.1) is 0 Å². The molecule has 1 aromatic rings. The predicted molar refractivity (Wildman–Crippen MR) is 71.8 cm³/mol. The van der Waals surface area contributed by atoms with Crippen LogP contribution >= 0.6 is 0 Å². The van der Waals surface area contributed by atoms with Gasteiger partial charge in [0.15, 0.2) is 0 Å². The Labute approximate surface area is 108 Å². The topological polar surface area (TPSA) is 32.3 Å². The maximum absolute atomic E-state index is 9.81. The molecular formula is C16H21NO. The lowest BCUT2D eigenvalue weighted by atomic mass is 9.53. The fourth-order valence-electron chi connectivity index (χ4n) is 4.74. The normalized spacial score (nSPS) is 41.3. The van der Waals surface area contributed by atoms with Crippen molar-refractivity contribution in [3.8, 4) is 5.75 Å². The summed E-state index contributed by atoms with van der Waals surface area (Å²) < 4.78 is 0. The molecule has 4 rings (SSSR count). The van der Waals surface area contributed by atoms with E-state index in [9.17, 15) is 5.11 Å². The Morgan fingerprint density at radius 2 is 2.28 bits per heavy atom. The van der Waals surface area contributed by atoms with Crippen molar-refractivity contribution in [3.63, 3.8) is 0 Å². The number of piperidine rings is 1. The quantitative estimate of drug-likeness (QED) is 0.734. The molecule has 1 saturated carbocycles. The van der Waals surface area contributed by atoms with Crippen LogP contribution in [0.5, 0.6) is 5.75 Å². The molecule has 2 aliphatic carbocycles. The molecular weight excluding hydrogens is 222 g/mol. The van der Waals surface area contributed by atoms with Crippen LogP contribution in [0.1, 0.15) is 37.3 Å². The first-order chi connectivity index (χ1) is 8.67. The Bertz CT molecular complexity index is 498. The number of rotatable bonds is 0. The van der Waals surface area contributed by atoms with Gasteiger partial charge in [0.05, 0.1) is 0 Å². The van der Waals surface area contributed by atoms with Gasteiger partial charge in [0.25, 0.3) is 0 Å². The second-order valence-electron chi connectivity index (χ2n) is 6.72. The summed E-state index contributed by atoms with van der Waals surface area (Å²) in [5, 5.41) is 13.6. The lowest BCUT2D eigenvalue weighted by molar-refractivity contribution is 0.0626. The second kappa shape index (κ2) is 3.51. The average molecular weight is 243 g/mol. The number of fused-ring (bicyclic) bond motifs is 3. The number of phenolic OH excluding ortho intramolecular Hbond substituents is 1. The van der Waals surface area contributed by atoms with Crippen LogP contribution in [0.15, 0.2) is 18.2 Å². The second-order valence-corrected chi connectivity index (χ2v) is 6.72. The van der Waals surface area contributed by atoms with Gasteiger partial charge >= 0.3 is 0 Å². The van der Waals surface area contributed by atoms with E-state index in [0.29, 0.717) is 11.8 Å². The Morgan fingerprint density at radius 1 is 1.39 bits per heavy atom. The van der Waals surface area contributed by atoms with Crippen LogP contribution in [-0.2, 0) is 11.8 Å². The zero-order chi connectivity index (χ0) is 12.3. The van der Waals surface area contributed by atoms with Crippen LogP contribution in [0.25, 0.3) is 0 Å². The average Bonchev–Trinajstić information content (AvgIpc) is 2.38. The fraction of sp³-hybridized carbons (Fsp3) is 0.625. The van der Waals surface area contributed by atoms with Gasteiger partial charge in [-0.25, -0.2) is 0 Å². The minimum absolute atomic E-state index is 0.279. The number of hydrogen-bond donors (Lipinski definition) is 2. The maximum Gasteiger partial charge on any atom is 0.115 e. The molecule has 2 bridgehead atoms. The molecule has 2 N–H and O–H groups in total. The highest BCUT2D eigenvalue weighted by atomic mass is 16.3. The predicted octanol–water partition coefficient (Wildman–Crippen LogP) is 2.59. The number of aromatic hydroxyl groups is 1. The molecule has 1 heterocycles. The molecule has 0 amide bonds. The van der Waals surface area contributed by atoms with E-state index < -0.39 is 0 Å². The summed E-state index contributed by atoms with van der Waals surface area (Å²) in [5.41, 5.74) is 3.15. The number of phenols is 1. The molecule has 1 aliphatic heterocycles. The maximum atomic E-state index is 9.81. The van der Waals surface area contributed by atoms with Crippen molar-refractivity contribution >= 4 is 0 Å². The smallest absolute Gasteiger partial charge is 0.115 e. The van der Waals surface area contributed by atoms with E-state index in [2.05, 4.69) is 18.3 Å². The number of nitrogens with one attached hydrogen (secondary N) is 1. The van der Waals surface area contributed by atoms with E-state index in [4.69, 9.17) is 0 Å². The van der Waals surface area contributed by atoms with E-state index >= 15 is 0 Å². The zero-order valence-electron chi connectivity index (χ0n) is 10.9. The first-order valence-corrected chi connectivity index (χ1v) is 7.22. The van der Waals surface area contributed by atoms with Gasteiger partial charge in [-0.1, -0.05) is 13.0 Å². The minimum atomic E-state index is 0.279. The standard InChI is InChI=1S/C16H21NO/c1-16-5-4-10-6-14(16)15(17-9-10)7-11-2-3-12(18)8-13(11)16/h2-3,8,10,14-15,17-18H,4-7,9H2,1H3/t10?,14?,15?,16-/m0/s1. The zero-order valence-corrected chi connectivity index (χ0v) is 10.9. The van der Waals surface area contributed by atoms with E-state index in [0.717, 1.165) is 18.3 Å². The summed E-state index contributed by atoms with van der Waals surface area (Å²) in [7, 11) is 0. The summed E-state index contributed by atoms with van der Waals surface area (Å²) in [6, 6.07) is 6.66. The van der Waals surface area contributed by atoms with E-state index in [-0.39, 0.29) is 5.41 Å². The van der Waals surface area contributed by atoms with Crippen molar-refractivity contribution in [3.05, 3.63) is 29.3 Å². The molecule has 2 fully saturated rings. The highest BCUT2D eigenvalue weighted by Gasteiger charge is 2.50. The monoisotopic (exact) mass is 243 g/mol. The van der Waals surface area contributed by atoms with Gasteiger partial charge in [0.2, 0.25) is 0 Å². The molecule has 18 heavy (non-hydrogen) atoms. The van der Waals surface area contributed by atoms with Crippen molar-refractivity contribution in [2.24, 2.45) is 11.8 Å². The van der Waals surface area contributed by atoms with Crippen LogP contribution in [0.2, 0.25) is 0 Å². The third-order valence-corrected chi connectivity index (χ3v) is 5.78. The Hall–Kier alpha value is -1.02. The van der Waals surface area contributed by atoms with Crippen molar-refractivity contribution < 1.29 is 5.11 Å². The third kappa shape index (κ3) is 1.33. The van der Waals surface area contributed by atoms with Crippen molar-refractivity contribution in [1.82, 2.24) is 5.32 Å². The number of hydrogen-bond acceptors (Lipinski definition) is 2. The molecule has 96 valence electrons. The SMILES string of the molecule is C[C@]12CCC3CNC(Cc4ccc(O)cc41)C2C3. The highest BCUT2D eigenvalue weighted by molar-refractivity contribution is 5.44. The summed E-state index contributed by atoms with van der Waals surface area (Å²) in [6.45, 7) is 3.63. The Kier molecular flexibility index (Phi) is 2.12. The molecule has 0 spiro atoms. The lowest BCUT2D eigenvalue weighted by Crippen LogP contribution is -2.59. The van der Waals surface area contributed by atoms with Gasteiger partial charge in [-0.2, -0.15) is 0 Å². The summed E-state index contributed by atoms with van der Waals surface area (Å²) >= 11 is 0. The van der Waals surface area contributed by atoms with Crippen LogP contribution < -0.4 is 5.32 Å². The van der Waals surface area contributed by atoms with Crippen LogP contribution in [-0.4, -0.2) is 17.7 Å². The Morgan fingerprint density at radius 3 is 3.17 bits per heavy atom. The highest BCUT2D eigenvalue weighted by Crippen LogP contribution is 2.53. The molecule has 1 aromatic carbocycles. The Balaban J connectivity index is 1.88. The first kappa shape index (κ1) is 10.9. The van der Waals surface area contributed by atoms with E-state index in [1.165, 1.54) is 36.9 Å². The van der Waals surface area contributed by atoms with Gasteiger partial charge in [-0.3, -0.25) is 0 Å². The van der Waals surface area contributed by atoms with E-state index in [1.807, 2.05) is 12.1 Å². The largest absolute Gasteiger partial charge is 0.508 e. The van der Waals surface area contributed by atoms with Gasteiger partial charge < -0.3 is 10.4 Å². The molecule has 0 radical (unpaired) electrons. The summed E-state index contributed by atoms with van der Waals surface area (Å²) in [5.74, 6) is 2.08. The first-order valence-electron chi connectivity index (χ1n) is 7.22. The van der Waals surface area contributed by atoms with Gasteiger partial charge in [0.1, 0.15) is 5.75 Å². The van der Waals surface area contributed by atoms with Crippen LogP contribution in [0.4, 0.5) is 0 Å². The van der Waals surface area contributed by atoms with Crippen LogP contribution in [0, 0.1) is 11.8 Å². The van der Waals surface area contributed by atoms with E-state index in [1.54, 1.807) is 0 Å². The number of benzene rings is 1. The van der Waals surface area contributed by atoms with Crippen LogP contribution in [0.3, 0.4) is 0 Å². The van der Waals surface area contributed by atoms with Gasteiger partial charge in [0, 0.05) is 6.04 Å². The summed E-state index contributed by atoms with van der Waals surface area (Å²) in [6.07, 6.45) is 5.14. The molecule has 2 nitrogen and oxygen atoms in total. The molecule has 3 unspecified atom stereocenters. The lowest BCUT2D eigenvalue weighted by Gasteiger charge is -2.55. The van der Waals surface area contributed by atoms with Crippen molar-refractivity contribution in [2.75, 3.05) is 6.54 Å². The van der Waals surface area contributed by atoms with Gasteiger partial charge in [-0.05, 0) is 72.7 Å². The summed E-state index contributed by atoms with van der Waals surface area (Å²) in [4.78, 5) is 0. The third-order valence-electron chi connectivity index (χ3n) is 5.78. The molecule has 1 saturated heterocycles. The van der Waals surface area contributed by atoms with Crippen molar-refractivity contribution in [2.45, 2.75) is 44.1 Å². The minimum Gasteiger partial charge on any atom is -0.508 e. The molecule has 2 heteroatoms. The molecule has 0 aromatic heterocycles. The fourth-order valence-corrected chi connectivity index (χ4v) is 4.74. The molecule has 4 atom stereocenters.